The summed E-state index contributed by atoms with van der Waals surface area (Å²) >= 11 is 0. The Morgan fingerprint density at radius 3 is 1.37 bits per heavy atom. The standard InChI is InChI=1S/C58H41N/c1-57(2)50-35-33-42(36-49(50)56-44(23-15-27-54(56)57)40-18-7-4-8-19-40)59(41-30-28-39(29-31-41)38-16-5-3-6-17-38)43-32-34-48-47-22-11-14-26-53(47)58(55(48)37-43)51-24-12-9-20-45(51)46-21-10-13-25-52(46)58/h3-37H,1-2H3. The molecule has 1 spiro atoms. The van der Waals surface area contributed by atoms with E-state index in [1.807, 2.05) is 0 Å². The van der Waals surface area contributed by atoms with Crippen molar-refractivity contribution >= 4 is 17.1 Å². The first-order chi connectivity index (χ1) is 29.0. The number of hydrogen-bond donors (Lipinski definition) is 0. The van der Waals surface area contributed by atoms with Gasteiger partial charge in [0, 0.05) is 22.5 Å². The van der Waals surface area contributed by atoms with E-state index >= 15 is 0 Å². The number of nitrogens with zero attached hydrogens (tertiary/aromatic N) is 1. The zero-order valence-corrected chi connectivity index (χ0v) is 33.2. The largest absolute Gasteiger partial charge is 0.310 e. The number of anilines is 3. The molecule has 0 radical (unpaired) electrons. The van der Waals surface area contributed by atoms with Gasteiger partial charge in [0.25, 0.3) is 0 Å². The molecule has 0 fully saturated rings. The van der Waals surface area contributed by atoms with E-state index in [9.17, 15) is 0 Å². The van der Waals surface area contributed by atoms with E-state index in [4.69, 9.17) is 0 Å². The van der Waals surface area contributed by atoms with Crippen LogP contribution in [-0.2, 0) is 10.8 Å². The lowest BCUT2D eigenvalue weighted by molar-refractivity contribution is 0.660. The summed E-state index contributed by atoms with van der Waals surface area (Å²) in [4.78, 5) is 2.48. The Morgan fingerprint density at radius 2 is 0.746 bits per heavy atom. The maximum absolute atomic E-state index is 2.50. The van der Waals surface area contributed by atoms with Gasteiger partial charge in [-0.3, -0.25) is 0 Å². The molecule has 0 saturated carbocycles. The minimum absolute atomic E-state index is 0.134. The van der Waals surface area contributed by atoms with Crippen LogP contribution in [0.15, 0.2) is 212 Å². The van der Waals surface area contributed by atoms with E-state index in [1.165, 1.54) is 89.0 Å². The first-order valence-corrected chi connectivity index (χ1v) is 20.8. The first-order valence-electron chi connectivity index (χ1n) is 20.8. The van der Waals surface area contributed by atoms with Crippen molar-refractivity contribution in [1.29, 1.82) is 0 Å². The molecule has 9 aromatic rings. The van der Waals surface area contributed by atoms with Crippen molar-refractivity contribution in [2.75, 3.05) is 4.90 Å². The third kappa shape index (κ3) is 4.73. The fraction of sp³-hybridized carbons (Fsp3) is 0.0690. The summed E-state index contributed by atoms with van der Waals surface area (Å²) in [5.41, 5.74) is 23.8. The topological polar surface area (TPSA) is 3.24 Å². The van der Waals surface area contributed by atoms with E-state index in [-0.39, 0.29) is 5.41 Å². The summed E-state index contributed by atoms with van der Waals surface area (Å²) in [6.45, 7) is 4.75. The molecule has 12 rings (SSSR count). The zero-order chi connectivity index (χ0) is 39.3. The monoisotopic (exact) mass is 751 g/mol. The van der Waals surface area contributed by atoms with Gasteiger partial charge in [-0.1, -0.05) is 190 Å². The van der Waals surface area contributed by atoms with Crippen LogP contribution in [0.1, 0.15) is 47.2 Å². The van der Waals surface area contributed by atoms with Gasteiger partial charge in [-0.2, -0.15) is 0 Å². The molecule has 0 amide bonds. The van der Waals surface area contributed by atoms with Gasteiger partial charge in [0.1, 0.15) is 0 Å². The van der Waals surface area contributed by atoms with Crippen LogP contribution in [0.25, 0.3) is 55.6 Å². The lowest BCUT2D eigenvalue weighted by atomic mass is 9.70. The summed E-state index contributed by atoms with van der Waals surface area (Å²) in [6.07, 6.45) is 0. The van der Waals surface area contributed by atoms with Crippen LogP contribution in [0.2, 0.25) is 0 Å². The molecule has 278 valence electrons. The predicted molar refractivity (Wildman–Crippen MR) is 246 cm³/mol. The molecule has 0 aliphatic heterocycles. The molecular weight excluding hydrogens is 711 g/mol. The molecule has 9 aromatic carbocycles. The normalized spacial score (nSPS) is 14.2. The third-order valence-electron chi connectivity index (χ3n) is 13.5. The fourth-order valence-electron chi connectivity index (χ4n) is 10.9. The SMILES string of the molecule is CC1(C)c2ccc(N(c3ccc(-c4ccccc4)cc3)c3ccc4c(c3)C3(c5ccccc5-c5ccccc53)c3ccccc3-4)cc2-c2c(-c3ccccc3)cccc21. The molecular formula is C58H41N. The highest BCUT2D eigenvalue weighted by atomic mass is 15.1. The summed E-state index contributed by atoms with van der Waals surface area (Å²) in [6, 6.07) is 79.1. The van der Waals surface area contributed by atoms with Crippen LogP contribution in [0.5, 0.6) is 0 Å². The number of fused-ring (bicyclic) bond motifs is 13. The maximum atomic E-state index is 2.50. The van der Waals surface area contributed by atoms with Gasteiger partial charge >= 0.3 is 0 Å². The summed E-state index contributed by atoms with van der Waals surface area (Å²) in [5, 5.41) is 0. The fourth-order valence-corrected chi connectivity index (χ4v) is 10.9. The van der Waals surface area contributed by atoms with Crippen molar-refractivity contribution in [1.82, 2.24) is 0 Å². The second-order valence-electron chi connectivity index (χ2n) is 16.8. The molecule has 1 nitrogen and oxygen atoms in total. The molecule has 0 aromatic heterocycles. The molecule has 0 saturated heterocycles. The average molecular weight is 752 g/mol. The van der Waals surface area contributed by atoms with Crippen LogP contribution in [0.3, 0.4) is 0 Å². The van der Waals surface area contributed by atoms with Crippen molar-refractivity contribution in [3.8, 4) is 55.6 Å². The number of hydrogen-bond acceptors (Lipinski definition) is 1. The molecule has 0 heterocycles. The van der Waals surface area contributed by atoms with Gasteiger partial charge in [-0.25, -0.2) is 0 Å². The van der Waals surface area contributed by atoms with Gasteiger partial charge in [0.15, 0.2) is 0 Å². The Morgan fingerprint density at radius 1 is 0.288 bits per heavy atom. The molecule has 3 aliphatic rings. The average Bonchev–Trinajstić information content (AvgIpc) is 3.85. The Kier molecular flexibility index (Phi) is 7.26. The van der Waals surface area contributed by atoms with E-state index in [0.29, 0.717) is 0 Å². The van der Waals surface area contributed by atoms with Gasteiger partial charge < -0.3 is 4.90 Å². The lowest BCUT2D eigenvalue weighted by Crippen LogP contribution is -2.26. The highest BCUT2D eigenvalue weighted by molar-refractivity contribution is 5.98. The minimum atomic E-state index is -0.427. The van der Waals surface area contributed by atoms with Crippen molar-refractivity contribution in [2.24, 2.45) is 0 Å². The van der Waals surface area contributed by atoms with E-state index in [2.05, 4.69) is 231 Å². The zero-order valence-electron chi connectivity index (χ0n) is 33.2. The Balaban J connectivity index is 1.10. The smallest absolute Gasteiger partial charge is 0.0726 e. The van der Waals surface area contributed by atoms with Crippen molar-refractivity contribution in [2.45, 2.75) is 24.7 Å². The number of benzene rings is 9. The number of rotatable bonds is 5. The predicted octanol–water partition coefficient (Wildman–Crippen LogP) is 15.1. The Bertz CT molecular complexity index is 3050. The van der Waals surface area contributed by atoms with Gasteiger partial charge in [0.05, 0.1) is 5.41 Å². The molecule has 0 atom stereocenters. The lowest BCUT2D eigenvalue weighted by Gasteiger charge is -2.32. The molecule has 0 unspecified atom stereocenters. The highest BCUT2D eigenvalue weighted by Gasteiger charge is 2.51. The summed E-state index contributed by atoms with van der Waals surface area (Å²) in [5.74, 6) is 0. The minimum Gasteiger partial charge on any atom is -0.310 e. The summed E-state index contributed by atoms with van der Waals surface area (Å²) in [7, 11) is 0. The molecule has 1 heteroatoms. The molecule has 0 bridgehead atoms. The van der Waals surface area contributed by atoms with Crippen LogP contribution in [-0.4, -0.2) is 0 Å². The first kappa shape index (κ1) is 33.9. The molecule has 3 aliphatic carbocycles. The van der Waals surface area contributed by atoms with Crippen molar-refractivity contribution < 1.29 is 0 Å². The van der Waals surface area contributed by atoms with Gasteiger partial charge in [0.2, 0.25) is 0 Å². The van der Waals surface area contributed by atoms with Gasteiger partial charge in [-0.05, 0) is 125 Å². The Hall–Kier alpha value is -7.22. The van der Waals surface area contributed by atoms with Crippen LogP contribution >= 0.6 is 0 Å². The summed E-state index contributed by atoms with van der Waals surface area (Å²) < 4.78 is 0. The van der Waals surface area contributed by atoms with E-state index in [0.717, 1.165) is 17.1 Å². The highest BCUT2D eigenvalue weighted by Crippen LogP contribution is 2.63. The molecule has 59 heavy (non-hydrogen) atoms. The van der Waals surface area contributed by atoms with Crippen molar-refractivity contribution in [3.05, 3.63) is 246 Å². The second kappa shape index (κ2) is 12.6. The van der Waals surface area contributed by atoms with E-state index < -0.39 is 5.41 Å². The van der Waals surface area contributed by atoms with Crippen molar-refractivity contribution in [3.63, 3.8) is 0 Å². The van der Waals surface area contributed by atoms with Crippen LogP contribution in [0.4, 0.5) is 17.1 Å². The Labute approximate surface area is 346 Å². The third-order valence-corrected chi connectivity index (χ3v) is 13.5. The maximum Gasteiger partial charge on any atom is 0.0726 e. The van der Waals surface area contributed by atoms with E-state index in [1.54, 1.807) is 0 Å². The van der Waals surface area contributed by atoms with Crippen LogP contribution < -0.4 is 4.90 Å². The van der Waals surface area contributed by atoms with Gasteiger partial charge in [-0.15, -0.1) is 0 Å². The quantitative estimate of drug-likeness (QED) is 0.169. The molecule has 0 N–H and O–H groups in total. The van der Waals surface area contributed by atoms with Crippen LogP contribution in [0, 0.1) is 0 Å². The second-order valence-corrected chi connectivity index (χ2v) is 16.8.